The highest BCUT2D eigenvalue weighted by Gasteiger charge is 2.46. The Morgan fingerprint density at radius 2 is 1.38 bits per heavy atom. The van der Waals surface area contributed by atoms with Crippen LogP contribution in [0.3, 0.4) is 0 Å². The van der Waals surface area contributed by atoms with Gasteiger partial charge in [0.25, 0.3) is 5.78 Å². The minimum atomic E-state index is -1.57. The van der Waals surface area contributed by atoms with Crippen molar-refractivity contribution in [1.82, 2.24) is 0 Å². The average molecular weight is 413 g/mol. The quantitative estimate of drug-likeness (QED) is 0.221. The number of carbonyl (C=O) groups excluding carboxylic acids is 4. The summed E-state index contributed by atoms with van der Waals surface area (Å²) in [5.41, 5.74) is 0. The number of Topliss-reactive ketones (excluding diaryl/α,β-unsaturated/α-hetero) is 2. The van der Waals surface area contributed by atoms with E-state index in [1.54, 1.807) is 0 Å². The number of aliphatic hydroxyl groups is 1. The summed E-state index contributed by atoms with van der Waals surface area (Å²) in [6, 6.07) is 0. The molecule has 0 saturated carbocycles. The summed E-state index contributed by atoms with van der Waals surface area (Å²) < 4.78 is 9.38. The Kier molecular flexibility index (Phi) is 13.2. The van der Waals surface area contributed by atoms with Crippen LogP contribution >= 0.6 is 0 Å². The van der Waals surface area contributed by atoms with Crippen molar-refractivity contribution in [2.24, 2.45) is 0 Å². The van der Waals surface area contributed by atoms with Crippen LogP contribution in [-0.2, 0) is 28.7 Å². The van der Waals surface area contributed by atoms with E-state index in [0.717, 1.165) is 12.8 Å². The minimum Gasteiger partial charge on any atom is -0.463 e. The molecule has 0 spiro atoms. The number of aliphatic hydroxyl groups excluding tert-OH is 1. The fourth-order valence-corrected chi connectivity index (χ4v) is 3.33. The lowest BCUT2D eigenvalue weighted by Crippen LogP contribution is -2.37. The predicted octanol–water partition coefficient (Wildman–Crippen LogP) is 3.44. The van der Waals surface area contributed by atoms with Crippen LogP contribution in [0.5, 0.6) is 0 Å². The number of hydrogen-bond donors (Lipinski definition) is 1. The molecule has 7 heteroatoms. The Bertz CT molecular complexity index is 529. The number of ketones is 2. The molecule has 2 atom stereocenters. The van der Waals surface area contributed by atoms with Crippen molar-refractivity contribution in [3.05, 3.63) is 0 Å². The average Bonchev–Trinajstić information content (AvgIpc) is 2.97. The van der Waals surface area contributed by atoms with E-state index in [-0.39, 0.29) is 6.42 Å². The van der Waals surface area contributed by atoms with Gasteiger partial charge in [0.15, 0.2) is 6.10 Å². The van der Waals surface area contributed by atoms with Crippen molar-refractivity contribution in [2.45, 2.75) is 109 Å². The lowest BCUT2D eigenvalue weighted by molar-refractivity contribution is -0.156. The number of ether oxygens (including phenoxy) is 2. The zero-order chi connectivity index (χ0) is 21.5. The van der Waals surface area contributed by atoms with E-state index < -0.39 is 42.3 Å². The molecule has 1 saturated heterocycles. The van der Waals surface area contributed by atoms with Gasteiger partial charge in [-0.25, -0.2) is 4.79 Å². The van der Waals surface area contributed by atoms with E-state index in [1.807, 2.05) is 0 Å². The van der Waals surface area contributed by atoms with Gasteiger partial charge in [-0.1, -0.05) is 84.0 Å². The highest BCUT2D eigenvalue weighted by Crippen LogP contribution is 2.14. The Morgan fingerprint density at radius 1 is 0.897 bits per heavy atom. The van der Waals surface area contributed by atoms with Crippen LogP contribution in [0.2, 0.25) is 0 Å². The number of unbranched alkanes of at least 4 members (excludes halogenated alkanes) is 12. The lowest BCUT2D eigenvalue weighted by atomic mass is 10.0. The molecule has 7 nitrogen and oxygen atoms in total. The maximum Gasteiger partial charge on any atom is 0.383 e. The molecule has 1 aliphatic rings. The van der Waals surface area contributed by atoms with Gasteiger partial charge in [0.05, 0.1) is 0 Å². The van der Waals surface area contributed by atoms with Crippen molar-refractivity contribution < 1.29 is 33.8 Å². The van der Waals surface area contributed by atoms with Crippen LogP contribution < -0.4 is 0 Å². The maximum atomic E-state index is 11.7. The number of cyclic esters (lactones) is 1. The summed E-state index contributed by atoms with van der Waals surface area (Å²) in [5.74, 6) is -4.14. The zero-order valence-electron chi connectivity index (χ0n) is 17.7. The zero-order valence-corrected chi connectivity index (χ0v) is 17.7. The molecule has 0 radical (unpaired) electrons. The molecule has 0 amide bonds. The first kappa shape index (κ1) is 25.3. The molecule has 0 aromatic heterocycles. The van der Waals surface area contributed by atoms with Gasteiger partial charge < -0.3 is 14.6 Å². The van der Waals surface area contributed by atoms with E-state index in [4.69, 9.17) is 4.74 Å². The summed E-state index contributed by atoms with van der Waals surface area (Å²) >= 11 is 0. The van der Waals surface area contributed by atoms with Gasteiger partial charge >= 0.3 is 17.7 Å². The van der Waals surface area contributed by atoms with Crippen LogP contribution in [0.1, 0.15) is 96.8 Å². The third-order valence-electron chi connectivity index (χ3n) is 5.15. The minimum absolute atomic E-state index is 0.238. The van der Waals surface area contributed by atoms with Crippen molar-refractivity contribution in [1.29, 1.82) is 0 Å². The first-order valence-electron chi connectivity index (χ1n) is 11.1. The molecule has 1 heterocycles. The summed E-state index contributed by atoms with van der Waals surface area (Å²) in [4.78, 5) is 45.1. The predicted molar refractivity (Wildman–Crippen MR) is 107 cm³/mol. The molecule has 1 fully saturated rings. The highest BCUT2D eigenvalue weighted by molar-refractivity contribution is 6.65. The van der Waals surface area contributed by atoms with E-state index in [2.05, 4.69) is 11.7 Å². The molecular formula is C22H36O7. The lowest BCUT2D eigenvalue weighted by Gasteiger charge is -2.15. The number of esters is 2. The Morgan fingerprint density at radius 3 is 1.83 bits per heavy atom. The topological polar surface area (TPSA) is 107 Å². The molecule has 0 aromatic carbocycles. The molecule has 1 rings (SSSR count). The van der Waals surface area contributed by atoms with E-state index in [9.17, 15) is 24.3 Å². The molecule has 0 aliphatic carbocycles. The number of hydrogen-bond acceptors (Lipinski definition) is 7. The second-order valence-electron chi connectivity index (χ2n) is 7.76. The molecule has 166 valence electrons. The van der Waals surface area contributed by atoms with Crippen molar-refractivity contribution >= 4 is 23.5 Å². The molecule has 0 aromatic rings. The first-order chi connectivity index (χ1) is 14.0. The van der Waals surface area contributed by atoms with Gasteiger partial charge in [0, 0.05) is 6.42 Å². The third-order valence-corrected chi connectivity index (χ3v) is 5.15. The smallest absolute Gasteiger partial charge is 0.383 e. The monoisotopic (exact) mass is 412 g/mol. The summed E-state index contributed by atoms with van der Waals surface area (Å²) in [6.07, 6.45) is 12.9. The second-order valence-corrected chi connectivity index (χ2v) is 7.76. The fraction of sp³-hybridized carbons (Fsp3) is 0.818. The fourth-order valence-electron chi connectivity index (χ4n) is 3.33. The highest BCUT2D eigenvalue weighted by atomic mass is 16.6. The first-order valence-corrected chi connectivity index (χ1v) is 11.1. The van der Waals surface area contributed by atoms with Crippen molar-refractivity contribution in [3.63, 3.8) is 0 Å². The van der Waals surface area contributed by atoms with Crippen LogP contribution in [0.25, 0.3) is 0 Å². The Labute approximate surface area is 173 Å². The van der Waals surface area contributed by atoms with E-state index in [0.29, 0.717) is 6.42 Å². The molecule has 0 bridgehead atoms. The molecule has 1 N–H and O–H groups in total. The van der Waals surface area contributed by atoms with Crippen LogP contribution in [-0.4, -0.2) is 47.4 Å². The van der Waals surface area contributed by atoms with Gasteiger partial charge in [0.2, 0.25) is 0 Å². The SMILES string of the molecule is CCCCCCCCCCCCCCCC(=O)OC[C@H](O)C1OC(=O)C(=O)C1=O. The Hall–Kier alpha value is -1.76. The standard InChI is InChI=1S/C22H36O7/c1-2-3-4-5-6-7-8-9-10-11-12-13-14-15-18(24)28-16-17(23)21-19(25)20(26)22(27)29-21/h17,21,23H,2-16H2,1H3/t17-,21?/m0/s1. The third kappa shape index (κ3) is 10.5. The van der Waals surface area contributed by atoms with Gasteiger partial charge in [-0.15, -0.1) is 0 Å². The molecule has 1 unspecified atom stereocenters. The summed E-state index contributed by atoms with van der Waals surface area (Å²) in [5, 5.41) is 9.76. The van der Waals surface area contributed by atoms with Crippen molar-refractivity contribution in [3.8, 4) is 0 Å². The van der Waals surface area contributed by atoms with Gasteiger partial charge in [-0.05, 0) is 6.42 Å². The van der Waals surface area contributed by atoms with Gasteiger partial charge in [0.1, 0.15) is 12.7 Å². The van der Waals surface area contributed by atoms with Crippen LogP contribution in [0, 0.1) is 0 Å². The van der Waals surface area contributed by atoms with Crippen LogP contribution in [0.15, 0.2) is 0 Å². The maximum absolute atomic E-state index is 11.7. The normalized spacial score (nSPS) is 17.4. The van der Waals surface area contributed by atoms with Gasteiger partial charge in [-0.2, -0.15) is 0 Å². The largest absolute Gasteiger partial charge is 0.463 e. The van der Waals surface area contributed by atoms with Crippen molar-refractivity contribution in [2.75, 3.05) is 6.61 Å². The van der Waals surface area contributed by atoms with E-state index >= 15 is 0 Å². The second kappa shape index (κ2) is 15.1. The molecular weight excluding hydrogens is 376 g/mol. The number of carbonyl (C=O) groups is 4. The van der Waals surface area contributed by atoms with Gasteiger partial charge in [-0.3, -0.25) is 14.4 Å². The summed E-state index contributed by atoms with van der Waals surface area (Å²) in [7, 11) is 0. The van der Waals surface area contributed by atoms with E-state index in [1.165, 1.54) is 64.2 Å². The molecule has 1 aliphatic heterocycles. The number of rotatable bonds is 17. The summed E-state index contributed by atoms with van der Waals surface area (Å²) in [6.45, 7) is 1.76. The molecule has 29 heavy (non-hydrogen) atoms. The van der Waals surface area contributed by atoms with Crippen LogP contribution in [0.4, 0.5) is 0 Å². The Balaban J connectivity index is 1.92.